The van der Waals surface area contributed by atoms with Crippen LogP contribution in [0.3, 0.4) is 0 Å². The molecule has 0 rings (SSSR count). The predicted octanol–water partition coefficient (Wildman–Crippen LogP) is 0.778. The van der Waals surface area contributed by atoms with Crippen molar-refractivity contribution < 1.29 is 38.3 Å². The van der Waals surface area contributed by atoms with Crippen molar-refractivity contribution >= 4 is 41.4 Å². The molecule has 10 nitrogen and oxygen atoms in total. The van der Waals surface area contributed by atoms with Gasteiger partial charge in [0.05, 0.1) is 19.4 Å². The predicted molar refractivity (Wildman–Crippen MR) is 95.6 cm³/mol. The van der Waals surface area contributed by atoms with Crippen LogP contribution in [0.25, 0.3) is 0 Å². The molecule has 10 heteroatoms. The Bertz CT molecular complexity index is 594. The lowest BCUT2D eigenvalue weighted by Crippen LogP contribution is -2.47. The molecular formula is C18H24N2O8. The summed E-state index contributed by atoms with van der Waals surface area (Å²) in [6, 6.07) is 0. The van der Waals surface area contributed by atoms with Crippen molar-refractivity contribution in [2.75, 3.05) is 13.1 Å². The molecule has 0 aromatic rings. The van der Waals surface area contributed by atoms with Crippen LogP contribution in [0.1, 0.15) is 47.0 Å². The number of nitrogens with zero attached hydrogens (tertiary/aromatic N) is 2. The monoisotopic (exact) mass is 396 g/mol. The van der Waals surface area contributed by atoms with Gasteiger partial charge in [-0.05, 0) is 20.8 Å². The second kappa shape index (κ2) is 11.5. The number of amides is 4. The van der Waals surface area contributed by atoms with E-state index in [2.05, 4.69) is 11.3 Å². The van der Waals surface area contributed by atoms with E-state index < -0.39 is 67.3 Å². The fourth-order valence-corrected chi connectivity index (χ4v) is 2.05. The zero-order valence-electron chi connectivity index (χ0n) is 16.4. The van der Waals surface area contributed by atoms with E-state index in [-0.39, 0.29) is 6.42 Å². The number of ketones is 2. The van der Waals surface area contributed by atoms with Crippen LogP contribution in [0.15, 0.2) is 12.2 Å². The van der Waals surface area contributed by atoms with Crippen LogP contribution in [0.2, 0.25) is 0 Å². The van der Waals surface area contributed by atoms with Gasteiger partial charge in [0.15, 0.2) is 0 Å². The number of rotatable bonds is 9. The first kappa shape index (κ1) is 24.8. The molecule has 0 saturated heterocycles. The summed E-state index contributed by atoms with van der Waals surface area (Å²) in [4.78, 5) is 83.2. The van der Waals surface area contributed by atoms with Gasteiger partial charge in [-0.15, -0.1) is 0 Å². The second-order valence-electron chi connectivity index (χ2n) is 6.24. The molecule has 28 heavy (non-hydrogen) atoms. The highest BCUT2D eigenvalue weighted by Crippen LogP contribution is 2.07. The van der Waals surface area contributed by atoms with Crippen LogP contribution in [-0.2, 0) is 33.5 Å². The molecule has 0 aliphatic carbocycles. The van der Waals surface area contributed by atoms with Crippen molar-refractivity contribution in [1.82, 2.24) is 9.80 Å². The number of hydrogen-bond acceptors (Lipinski definition) is 8. The Labute approximate surface area is 162 Å². The summed E-state index contributed by atoms with van der Waals surface area (Å²) in [6.07, 6.45) is -2.68. The molecule has 154 valence electrons. The number of carbonyl (C=O) groups is 7. The molecule has 0 aromatic heterocycles. The second-order valence-corrected chi connectivity index (χ2v) is 6.24. The Balaban J connectivity index is 5.51. The van der Waals surface area contributed by atoms with Crippen molar-refractivity contribution in [1.29, 1.82) is 0 Å². The van der Waals surface area contributed by atoms with E-state index in [9.17, 15) is 33.6 Å². The zero-order chi connectivity index (χ0) is 22.0. The van der Waals surface area contributed by atoms with Gasteiger partial charge in [0.25, 0.3) is 0 Å². The third kappa shape index (κ3) is 9.51. The number of carbonyl (C=O) groups excluding carboxylic acids is 7. The minimum absolute atomic E-state index is 0.178. The molecule has 0 aliphatic rings. The molecule has 0 atom stereocenters. The van der Waals surface area contributed by atoms with Gasteiger partial charge in [-0.3, -0.25) is 33.7 Å². The molecule has 0 aliphatic heterocycles. The lowest BCUT2D eigenvalue weighted by Gasteiger charge is -2.25. The maximum Gasteiger partial charge on any atom is 0.424 e. The van der Waals surface area contributed by atoms with E-state index in [1.165, 1.54) is 6.92 Å². The van der Waals surface area contributed by atoms with Crippen molar-refractivity contribution in [3.05, 3.63) is 12.2 Å². The normalized spacial score (nSPS) is 9.86. The largest absolute Gasteiger partial charge is 0.424 e. The van der Waals surface area contributed by atoms with Crippen molar-refractivity contribution in [2.24, 2.45) is 0 Å². The summed E-state index contributed by atoms with van der Waals surface area (Å²) in [7, 11) is 0. The van der Waals surface area contributed by atoms with Crippen LogP contribution in [0.4, 0.5) is 4.79 Å². The molecule has 0 fully saturated rings. The standard InChI is InChI=1S/C18H24N2O8/c1-11(2)8-15(24)19(16(25)9-12(3)21)6-7-20(17(26)10-13(4)22)18(27)28-14(5)23/h1,6-10H2,2-5H3. The third-order valence-corrected chi connectivity index (χ3v) is 3.16. The fourth-order valence-electron chi connectivity index (χ4n) is 2.05. The Morgan fingerprint density at radius 3 is 1.46 bits per heavy atom. The van der Waals surface area contributed by atoms with Crippen LogP contribution in [-0.4, -0.2) is 64.2 Å². The van der Waals surface area contributed by atoms with E-state index in [4.69, 9.17) is 0 Å². The van der Waals surface area contributed by atoms with Crippen LogP contribution in [0, 0.1) is 0 Å². The average molecular weight is 396 g/mol. The first-order chi connectivity index (χ1) is 12.8. The quantitative estimate of drug-likeness (QED) is 0.317. The van der Waals surface area contributed by atoms with Crippen molar-refractivity contribution in [3.63, 3.8) is 0 Å². The number of hydrogen-bond donors (Lipinski definition) is 0. The van der Waals surface area contributed by atoms with Gasteiger partial charge < -0.3 is 4.74 Å². The van der Waals surface area contributed by atoms with Crippen LogP contribution >= 0.6 is 0 Å². The zero-order valence-corrected chi connectivity index (χ0v) is 16.4. The van der Waals surface area contributed by atoms with E-state index in [1.54, 1.807) is 6.92 Å². The summed E-state index contributed by atoms with van der Waals surface area (Å²) in [5, 5.41) is 0. The molecular weight excluding hydrogens is 372 g/mol. The first-order valence-electron chi connectivity index (χ1n) is 8.34. The van der Waals surface area contributed by atoms with Crippen LogP contribution in [0.5, 0.6) is 0 Å². The number of imide groups is 2. The van der Waals surface area contributed by atoms with E-state index >= 15 is 0 Å². The average Bonchev–Trinajstić information content (AvgIpc) is 2.47. The molecule has 0 radical (unpaired) electrons. The van der Waals surface area contributed by atoms with Gasteiger partial charge in [-0.1, -0.05) is 12.2 Å². The Morgan fingerprint density at radius 1 is 0.679 bits per heavy atom. The van der Waals surface area contributed by atoms with Gasteiger partial charge in [-0.2, -0.15) is 0 Å². The van der Waals surface area contributed by atoms with Gasteiger partial charge in [-0.25, -0.2) is 9.69 Å². The third-order valence-electron chi connectivity index (χ3n) is 3.16. The van der Waals surface area contributed by atoms with E-state index in [1.807, 2.05) is 0 Å². The Kier molecular flexibility index (Phi) is 10.2. The summed E-state index contributed by atoms with van der Waals surface area (Å²) in [5.41, 5.74) is 0.464. The molecule has 0 saturated carbocycles. The smallest absolute Gasteiger partial charge is 0.376 e. The highest BCUT2D eigenvalue weighted by atomic mass is 16.6. The highest BCUT2D eigenvalue weighted by molar-refractivity contribution is 6.05. The highest BCUT2D eigenvalue weighted by Gasteiger charge is 2.29. The van der Waals surface area contributed by atoms with Crippen molar-refractivity contribution in [2.45, 2.75) is 47.0 Å². The SMILES string of the molecule is C=C(C)CC(=O)N(CCN(C(=O)CC(C)=O)C(=O)OC(C)=O)C(=O)CC(C)=O. The molecule has 0 N–H and O–H groups in total. The molecule has 0 unspecified atom stereocenters. The number of ether oxygens (including phenoxy) is 1. The van der Waals surface area contributed by atoms with E-state index in [0.717, 1.165) is 18.7 Å². The minimum Gasteiger partial charge on any atom is -0.376 e. The molecule has 4 amide bonds. The molecule has 0 heterocycles. The van der Waals surface area contributed by atoms with Gasteiger partial charge in [0.2, 0.25) is 17.7 Å². The molecule has 0 bridgehead atoms. The lowest BCUT2D eigenvalue weighted by molar-refractivity contribution is -0.148. The topological polar surface area (TPSA) is 135 Å². The van der Waals surface area contributed by atoms with Crippen LogP contribution < -0.4 is 0 Å². The molecule has 0 spiro atoms. The van der Waals surface area contributed by atoms with Gasteiger partial charge in [0, 0.05) is 19.9 Å². The first-order valence-corrected chi connectivity index (χ1v) is 8.34. The summed E-state index contributed by atoms with van der Waals surface area (Å²) < 4.78 is 4.36. The van der Waals surface area contributed by atoms with Gasteiger partial charge >= 0.3 is 12.1 Å². The number of esters is 1. The summed E-state index contributed by atoms with van der Waals surface area (Å²) >= 11 is 0. The lowest BCUT2D eigenvalue weighted by atomic mass is 10.2. The van der Waals surface area contributed by atoms with Crippen molar-refractivity contribution in [3.8, 4) is 0 Å². The molecule has 0 aromatic carbocycles. The minimum atomic E-state index is -1.33. The van der Waals surface area contributed by atoms with E-state index in [0.29, 0.717) is 10.5 Å². The Morgan fingerprint density at radius 2 is 1.07 bits per heavy atom. The number of Topliss-reactive ketones (excluding diaryl/α,β-unsaturated/α-hetero) is 2. The van der Waals surface area contributed by atoms with Gasteiger partial charge in [0.1, 0.15) is 11.6 Å². The Hall–Kier alpha value is -3.17. The maximum absolute atomic E-state index is 12.3. The maximum atomic E-state index is 12.3. The fraction of sp³-hybridized carbons (Fsp3) is 0.500. The summed E-state index contributed by atoms with van der Waals surface area (Å²) in [5.74, 6) is -4.42. The summed E-state index contributed by atoms with van der Waals surface area (Å²) in [6.45, 7) is 7.45.